The van der Waals surface area contributed by atoms with Gasteiger partial charge in [0, 0.05) is 110 Å². The molecule has 3 aliphatic rings. The first-order valence-corrected chi connectivity index (χ1v) is 39.0. The van der Waals surface area contributed by atoms with Gasteiger partial charge in [-0.05, 0) is 160 Å². The fraction of sp³-hybridized carbons (Fsp3) is 0.308. The first kappa shape index (κ1) is 86.9. The molecule has 15 rings (SSSR count). The number of nitrogens with zero attached hydrogens (tertiary/aromatic N) is 14. The number of likely N-dealkylation sites (tertiary alicyclic amines) is 2. The quantitative estimate of drug-likeness (QED) is 0.0458. The van der Waals surface area contributed by atoms with E-state index in [0.717, 1.165) is 126 Å². The van der Waals surface area contributed by atoms with E-state index in [1.165, 1.54) is 39.5 Å². The number of fused-ring (bicyclic) bond motifs is 3. The third-order valence-electron chi connectivity index (χ3n) is 19.5. The number of amides is 2. The Bertz CT molecular complexity index is 5760. The number of aldehydes is 1. The van der Waals surface area contributed by atoms with Crippen LogP contribution in [0.3, 0.4) is 0 Å². The van der Waals surface area contributed by atoms with Crippen LogP contribution in [0.4, 0.5) is 13.2 Å². The molecule has 29 heteroatoms. The molecule has 9 heterocycles. The van der Waals surface area contributed by atoms with Gasteiger partial charge in [-0.15, -0.1) is 0 Å². The minimum atomic E-state index is -1.07. The van der Waals surface area contributed by atoms with Gasteiger partial charge >= 0.3 is 5.97 Å². The van der Waals surface area contributed by atoms with Gasteiger partial charge in [0.25, 0.3) is 5.91 Å². The van der Waals surface area contributed by atoms with E-state index in [-0.39, 0.29) is 81.0 Å². The van der Waals surface area contributed by atoms with Gasteiger partial charge in [0.15, 0.2) is 34.5 Å². The Morgan fingerprint density at radius 3 is 1.19 bits per heavy atom. The van der Waals surface area contributed by atoms with Crippen molar-refractivity contribution in [3.63, 3.8) is 0 Å². The van der Waals surface area contributed by atoms with Crippen molar-refractivity contribution in [3.05, 3.63) is 230 Å². The fourth-order valence-electron chi connectivity index (χ4n) is 13.8. The Balaban J connectivity index is 0.000000165. The summed E-state index contributed by atoms with van der Waals surface area (Å²) < 4.78 is 81.9. The third-order valence-corrected chi connectivity index (χ3v) is 19.5. The number of carboxylic acid groups (broad SMARTS) is 1. The van der Waals surface area contributed by atoms with Crippen molar-refractivity contribution < 1.29 is 65.9 Å². The highest BCUT2D eigenvalue weighted by molar-refractivity contribution is 5.97. The first-order valence-electron chi connectivity index (χ1n) is 39.0. The molecule has 6 aromatic heterocycles. The zero-order chi connectivity index (χ0) is 85.6. The average molecular weight is 1630 g/mol. The Hall–Kier alpha value is -14.0. The number of rotatable bonds is 18. The molecule has 2 amide bonds. The van der Waals surface area contributed by atoms with E-state index in [4.69, 9.17) is 59.0 Å². The lowest BCUT2D eigenvalue weighted by molar-refractivity contribution is -0.136. The number of carbonyl (C=O) groups excluding carboxylic acids is 3. The highest BCUT2D eigenvalue weighted by atomic mass is 19.1. The van der Waals surface area contributed by atoms with Crippen molar-refractivity contribution >= 4 is 40.6 Å². The Labute approximate surface area is 692 Å². The summed E-state index contributed by atoms with van der Waals surface area (Å²) in [6.07, 6.45) is 24.2. The summed E-state index contributed by atoms with van der Waals surface area (Å²) in [5, 5.41) is 37.3. The number of carbonyl (C=O) groups is 4. The fourth-order valence-corrected chi connectivity index (χ4v) is 13.8. The number of allylic oxidation sites excluding steroid dienone is 1. The maximum atomic E-state index is 14.6. The summed E-state index contributed by atoms with van der Waals surface area (Å²) in [6.45, 7) is 15.8. The lowest BCUT2D eigenvalue weighted by Crippen LogP contribution is -2.40. The normalized spacial score (nSPS) is 15.2. The number of aromatic nitrogens is 9. The molecule has 6 aromatic carbocycles. The molecule has 3 fully saturated rings. The van der Waals surface area contributed by atoms with E-state index in [2.05, 4.69) is 30.7 Å². The van der Waals surface area contributed by atoms with E-state index in [1.54, 1.807) is 114 Å². The largest absolute Gasteiger partial charge is 0.494 e. The van der Waals surface area contributed by atoms with Crippen molar-refractivity contribution in [1.82, 2.24) is 58.2 Å². The van der Waals surface area contributed by atoms with Gasteiger partial charge in [-0.25, -0.2) is 15.0 Å². The molecule has 3 atom stereocenters. The second-order valence-electron chi connectivity index (χ2n) is 30.5. The number of piperidine rings is 3. The van der Waals surface area contributed by atoms with Crippen LogP contribution >= 0.6 is 0 Å². The van der Waals surface area contributed by atoms with Crippen LogP contribution in [-0.4, -0.2) is 143 Å². The Kier molecular flexibility index (Phi) is 29.1. The van der Waals surface area contributed by atoms with Crippen molar-refractivity contribution in [2.24, 2.45) is 10.8 Å². The topological polar surface area (TPSA) is 324 Å². The smallest absolute Gasteiger partial charge is 0.317 e. The van der Waals surface area contributed by atoms with Gasteiger partial charge in [0.05, 0.1) is 85.7 Å². The van der Waals surface area contributed by atoms with Gasteiger partial charge < -0.3 is 53.4 Å². The molecule has 0 saturated carbocycles. The van der Waals surface area contributed by atoms with Gasteiger partial charge in [0.1, 0.15) is 65.5 Å². The van der Waals surface area contributed by atoms with Crippen molar-refractivity contribution in [1.29, 1.82) is 15.8 Å². The zero-order valence-electron chi connectivity index (χ0n) is 68.0. The number of halogens is 3. The maximum Gasteiger partial charge on any atom is 0.317 e. The molecule has 0 radical (unpaired) electrons. The number of methoxy groups -OCH3 is 3. The number of nitrogens with one attached hydrogen (secondary N) is 1. The minimum absolute atomic E-state index is 0.00966. The molecule has 26 nitrogen and oxygen atoms in total. The van der Waals surface area contributed by atoms with Crippen LogP contribution in [0.1, 0.15) is 128 Å². The average Bonchev–Trinajstić information content (AvgIpc) is 1.63. The molecule has 3 aliphatic heterocycles. The molecular weight excluding hydrogens is 1540 g/mol. The van der Waals surface area contributed by atoms with E-state index >= 15 is 0 Å². The highest BCUT2D eigenvalue weighted by Crippen LogP contribution is 2.40. The molecule has 2 N–H and O–H groups in total. The van der Waals surface area contributed by atoms with Crippen LogP contribution in [0.15, 0.2) is 195 Å². The summed E-state index contributed by atoms with van der Waals surface area (Å²) in [7, 11) is 4.24. The summed E-state index contributed by atoms with van der Waals surface area (Å²) in [4.78, 5) is 76.2. The van der Waals surface area contributed by atoms with Crippen LogP contribution in [0.5, 0.6) is 51.7 Å². The van der Waals surface area contributed by atoms with E-state index < -0.39 is 29.8 Å². The van der Waals surface area contributed by atoms with Crippen LogP contribution in [0, 0.1) is 62.3 Å². The van der Waals surface area contributed by atoms with Crippen molar-refractivity contribution in [2.75, 3.05) is 60.6 Å². The number of nitriles is 3. The van der Waals surface area contributed by atoms with Crippen LogP contribution < -0.4 is 33.7 Å². The number of ether oxygens (including phenoxy) is 6. The van der Waals surface area contributed by atoms with Crippen LogP contribution in [-0.2, 0) is 19.2 Å². The molecule has 618 valence electrons. The summed E-state index contributed by atoms with van der Waals surface area (Å²) in [5.74, 6) is 2.19. The van der Waals surface area contributed by atoms with E-state index in [0.29, 0.717) is 49.3 Å². The zero-order valence-corrected chi connectivity index (χ0v) is 68.0. The third kappa shape index (κ3) is 21.8. The highest BCUT2D eigenvalue weighted by Gasteiger charge is 2.33. The van der Waals surface area contributed by atoms with Crippen molar-refractivity contribution in [2.45, 2.75) is 111 Å². The van der Waals surface area contributed by atoms with Gasteiger partial charge in [0.2, 0.25) is 23.4 Å². The van der Waals surface area contributed by atoms with E-state index in [9.17, 15) is 37.6 Å². The number of hydrogen-bond donors (Lipinski definition) is 2. The lowest BCUT2D eigenvalue weighted by Gasteiger charge is -2.32. The standard InChI is InChI=1S/C32H32FN5O3.C27H24FN5O3.C24H23FN4O2.C5H10O.C3H3NO2/c1-32(2,3)17-23(18-34)31(39)37-15-6-7-22(20-37)30-36-29(25-19-35-14-16-38(25)30)21-10-12-24(13-11-21)41-27-9-5-8-26(40-4)28(27)33;1-35-22-5-2-6-23(25(22)28)36-20-9-7-18(8-10-20)26-21-16-30-13-15-33(21)27(31-26)19-4-3-14-32(17-19)24(34)11-12-29;1-30-20-5-2-6-21(22(20)25)31-18-9-7-16(8-10-18)23-19-15-27-12-13-29(19)24(28-23)17-4-3-11-26-14-17;1-5(2,3)4-6;4-2-1-3(5)6/h5,8-14,16-17,19,22H,6-7,15,20H2,1-4H3;2,5-10,13,15-16,19H,3-4,11,14,17H2,1H3;2,5-10,12-13,15,17,26H,3-4,11,14H2,1H3;4H,1-3H3;1H2,(H,5,6)/b23-17+;;;;/t22-;19-;17-;;/m111../s1. The van der Waals surface area contributed by atoms with Crippen LogP contribution in [0.25, 0.3) is 50.3 Å². The second-order valence-corrected chi connectivity index (χ2v) is 30.5. The molecule has 120 heavy (non-hydrogen) atoms. The second kappa shape index (κ2) is 40.3. The molecule has 0 bridgehead atoms. The molecule has 0 unspecified atom stereocenters. The molecule has 0 spiro atoms. The maximum absolute atomic E-state index is 14.6. The number of benzene rings is 6. The van der Waals surface area contributed by atoms with Crippen LogP contribution in [0.2, 0.25) is 0 Å². The van der Waals surface area contributed by atoms with E-state index in [1.807, 2.05) is 130 Å². The SMILES string of the molecule is CC(C)(C)C=O.COc1cccc(Oc2ccc(-c3nc([C@@H]4CCCN(C(=O)/C(C#N)=C/C(C)(C)C)C4)n4ccncc34)cc2)c1F.COc1cccc(Oc2ccc(-c3nc([C@@H]4CCCN(C(=O)CC#N)C4)n4ccncc34)cc2)c1F.COc1cccc(Oc2ccc(-c3nc([C@@H]4CCCNC4)n4ccncc34)cc2)c1F.N#CCC(=O)O. The van der Waals surface area contributed by atoms with Gasteiger partial charge in [-0.1, -0.05) is 65.8 Å². The predicted octanol–water partition coefficient (Wildman–Crippen LogP) is 17.5. The Morgan fingerprint density at radius 1 is 0.508 bits per heavy atom. The predicted molar refractivity (Wildman–Crippen MR) is 443 cm³/mol. The van der Waals surface area contributed by atoms with Gasteiger partial charge in [-0.2, -0.15) is 29.0 Å². The molecular formula is C91H92F3N15O11. The molecule has 12 aromatic rings. The number of aliphatic carboxylic acids is 1. The lowest BCUT2D eigenvalue weighted by atomic mass is 9.92. The molecule has 3 saturated heterocycles. The van der Waals surface area contributed by atoms with Crippen molar-refractivity contribution in [3.8, 4) is 104 Å². The summed E-state index contributed by atoms with van der Waals surface area (Å²) in [5.41, 5.74) is 7.47. The monoisotopic (exact) mass is 1630 g/mol. The number of carboxylic acids is 1. The van der Waals surface area contributed by atoms with Gasteiger partial charge in [-0.3, -0.25) is 42.5 Å². The first-order chi connectivity index (χ1) is 57.8. The number of imidazole rings is 3. The summed E-state index contributed by atoms with van der Waals surface area (Å²) >= 11 is 0. The Morgan fingerprint density at radius 2 is 0.867 bits per heavy atom. The molecule has 0 aliphatic carbocycles. The summed E-state index contributed by atoms with van der Waals surface area (Å²) in [6, 6.07) is 41.9. The number of hydrogen-bond acceptors (Lipinski definition) is 20. The minimum Gasteiger partial charge on any atom is -0.494 e.